The maximum absolute atomic E-state index is 13.9. The Balaban J connectivity index is 0.991. The molecule has 61 heavy (non-hydrogen) atoms. The van der Waals surface area contributed by atoms with E-state index in [-0.39, 0.29) is 34.1 Å². The molecule has 0 atom stereocenters. The number of nitrogens with one attached hydrogen (secondary N) is 2. The molecule has 0 radical (unpaired) electrons. The van der Waals surface area contributed by atoms with Crippen LogP contribution in [0.1, 0.15) is 11.4 Å². The van der Waals surface area contributed by atoms with E-state index in [4.69, 9.17) is 0 Å². The molecule has 0 saturated carbocycles. The molecule has 2 aromatic heterocycles. The highest BCUT2D eigenvalue weighted by atomic mass is 79.9. The summed E-state index contributed by atoms with van der Waals surface area (Å²) in [6.45, 7) is 0. The average Bonchev–Trinajstić information content (AvgIpc) is 3.89. The van der Waals surface area contributed by atoms with Crippen molar-refractivity contribution in [3.63, 3.8) is 0 Å². The summed E-state index contributed by atoms with van der Waals surface area (Å²) in [6, 6.07) is 42.2. The SMILES string of the molecule is O=S(=O)(Nc1ccc(-n2nc(C(F)(F)F)cc2-c2ccc(-c3ccc(Br)cc3)cc2)cc1)Nc1ccc(-n2nc(C(F)(F)F)cc2-c2ccc(-c3ccc(Br)cc3)cc2)cc1. The zero-order valence-electron chi connectivity index (χ0n) is 31.0. The zero-order chi connectivity index (χ0) is 43.1. The van der Waals surface area contributed by atoms with Crippen molar-refractivity contribution in [3.8, 4) is 56.1 Å². The first-order valence-electron chi connectivity index (χ1n) is 18.1. The van der Waals surface area contributed by atoms with Crippen LogP contribution in [-0.4, -0.2) is 28.0 Å². The summed E-state index contributed by atoms with van der Waals surface area (Å²) < 4.78 is 118. The van der Waals surface area contributed by atoms with Gasteiger partial charge in [-0.15, -0.1) is 0 Å². The normalized spacial score (nSPS) is 12.1. The summed E-state index contributed by atoms with van der Waals surface area (Å²) in [5, 5.41) is 7.67. The molecule has 8 rings (SSSR count). The Labute approximate surface area is 361 Å². The van der Waals surface area contributed by atoms with Gasteiger partial charge in [0.15, 0.2) is 11.4 Å². The molecule has 8 aromatic rings. The van der Waals surface area contributed by atoms with Crippen LogP contribution < -0.4 is 9.44 Å². The van der Waals surface area contributed by atoms with Gasteiger partial charge in [-0.1, -0.05) is 105 Å². The van der Waals surface area contributed by atoms with Crippen molar-refractivity contribution in [2.75, 3.05) is 9.44 Å². The molecule has 0 spiro atoms. The molecular weight excluding hydrogens is 950 g/mol. The van der Waals surface area contributed by atoms with E-state index < -0.39 is 33.9 Å². The Morgan fingerprint density at radius 3 is 1.00 bits per heavy atom. The van der Waals surface area contributed by atoms with Crippen LogP contribution in [0.3, 0.4) is 0 Å². The van der Waals surface area contributed by atoms with Gasteiger partial charge in [0.05, 0.1) is 34.1 Å². The lowest BCUT2D eigenvalue weighted by Gasteiger charge is -2.13. The Morgan fingerprint density at radius 1 is 0.426 bits per heavy atom. The molecule has 0 unspecified atom stereocenters. The summed E-state index contributed by atoms with van der Waals surface area (Å²) in [7, 11) is -4.28. The highest BCUT2D eigenvalue weighted by Gasteiger charge is 2.36. The molecule has 0 bridgehead atoms. The van der Waals surface area contributed by atoms with Crippen molar-refractivity contribution in [2.24, 2.45) is 0 Å². The molecule has 17 heteroatoms. The Kier molecular flexibility index (Phi) is 11.1. The second-order valence-electron chi connectivity index (χ2n) is 13.6. The highest BCUT2D eigenvalue weighted by Crippen LogP contribution is 2.36. The van der Waals surface area contributed by atoms with Crippen LogP contribution in [0.4, 0.5) is 37.7 Å². The van der Waals surface area contributed by atoms with Crippen LogP contribution >= 0.6 is 31.9 Å². The zero-order valence-corrected chi connectivity index (χ0v) is 35.0. The standard InChI is InChI=1S/C44H28Br2F6N6O2S/c45-33-13-9-29(10-14-33)27-1-5-31(6-2-27)39-25-41(43(47,48)49)53-57(39)37-21-17-35(18-22-37)55-61(59,60)56-36-19-23-38(24-20-36)58-40(26-42(54-58)44(50,51)52)32-7-3-28(4-8-32)30-11-15-34(46)16-12-30/h1-26,55-56H. The largest absolute Gasteiger partial charge is 0.435 e. The Bertz CT molecular complexity index is 2740. The van der Waals surface area contributed by atoms with Crippen LogP contribution in [0.5, 0.6) is 0 Å². The van der Waals surface area contributed by atoms with Crippen LogP contribution in [0.15, 0.2) is 167 Å². The van der Waals surface area contributed by atoms with Gasteiger partial charge in [-0.25, -0.2) is 9.36 Å². The molecule has 0 aliphatic carbocycles. The van der Waals surface area contributed by atoms with Crippen LogP contribution in [0, 0.1) is 0 Å². The number of halogens is 8. The summed E-state index contributed by atoms with van der Waals surface area (Å²) in [5.41, 5.74) is 3.29. The summed E-state index contributed by atoms with van der Waals surface area (Å²) in [4.78, 5) is 0. The molecule has 0 fully saturated rings. The predicted molar refractivity (Wildman–Crippen MR) is 230 cm³/mol. The topological polar surface area (TPSA) is 93.8 Å². The predicted octanol–water partition coefficient (Wildman–Crippen LogP) is 13.1. The number of nitrogens with zero attached hydrogens (tertiary/aromatic N) is 4. The molecule has 6 aromatic carbocycles. The molecule has 0 aliphatic rings. The van der Waals surface area contributed by atoms with Crippen LogP contribution in [0.25, 0.3) is 56.1 Å². The van der Waals surface area contributed by atoms with Gasteiger partial charge in [-0.3, -0.25) is 9.44 Å². The average molecular weight is 979 g/mol. The van der Waals surface area contributed by atoms with Crippen LogP contribution in [0.2, 0.25) is 0 Å². The number of aromatic nitrogens is 4. The molecule has 2 N–H and O–H groups in total. The maximum Gasteiger partial charge on any atom is 0.435 e. The van der Waals surface area contributed by atoms with Crippen molar-refractivity contribution in [2.45, 2.75) is 12.4 Å². The third-order valence-corrected chi connectivity index (χ3v) is 11.5. The maximum atomic E-state index is 13.9. The molecule has 308 valence electrons. The lowest BCUT2D eigenvalue weighted by molar-refractivity contribution is -0.142. The Hall–Kier alpha value is -6.17. The minimum absolute atomic E-state index is 0.0866. The van der Waals surface area contributed by atoms with E-state index >= 15 is 0 Å². The van der Waals surface area contributed by atoms with E-state index in [0.717, 1.165) is 52.7 Å². The van der Waals surface area contributed by atoms with Gasteiger partial charge in [-0.2, -0.15) is 45.0 Å². The van der Waals surface area contributed by atoms with E-state index in [1.807, 2.05) is 48.5 Å². The van der Waals surface area contributed by atoms with E-state index in [9.17, 15) is 34.8 Å². The minimum atomic E-state index is -4.73. The lowest BCUT2D eigenvalue weighted by Crippen LogP contribution is -2.21. The fourth-order valence-electron chi connectivity index (χ4n) is 6.47. The number of alkyl halides is 6. The van der Waals surface area contributed by atoms with E-state index in [1.165, 1.54) is 48.5 Å². The fraction of sp³-hybridized carbons (Fsp3) is 0.0455. The van der Waals surface area contributed by atoms with Crippen molar-refractivity contribution in [1.82, 2.24) is 19.6 Å². The minimum Gasteiger partial charge on any atom is -0.267 e. The van der Waals surface area contributed by atoms with Gasteiger partial charge in [0, 0.05) is 20.1 Å². The lowest BCUT2D eigenvalue weighted by atomic mass is 10.0. The third kappa shape index (κ3) is 9.43. The number of hydrogen-bond donors (Lipinski definition) is 2. The smallest absolute Gasteiger partial charge is 0.267 e. The van der Waals surface area contributed by atoms with E-state index in [2.05, 4.69) is 51.5 Å². The fourth-order valence-corrected chi connectivity index (χ4v) is 7.95. The quantitative estimate of drug-likeness (QED) is 0.134. The summed E-state index contributed by atoms with van der Waals surface area (Å²) >= 11 is 6.80. The van der Waals surface area contributed by atoms with Gasteiger partial charge in [0.2, 0.25) is 0 Å². The summed E-state index contributed by atoms with van der Waals surface area (Å²) in [6.07, 6.45) is -9.45. The van der Waals surface area contributed by atoms with Gasteiger partial charge >= 0.3 is 22.6 Å². The van der Waals surface area contributed by atoms with Gasteiger partial charge in [-0.05, 0) is 107 Å². The van der Waals surface area contributed by atoms with E-state index in [1.54, 1.807) is 48.5 Å². The molecule has 0 saturated heterocycles. The van der Waals surface area contributed by atoms with Crippen LogP contribution in [-0.2, 0) is 22.6 Å². The number of rotatable bonds is 10. The van der Waals surface area contributed by atoms with Gasteiger partial charge in [0.25, 0.3) is 0 Å². The first-order chi connectivity index (χ1) is 29.0. The Morgan fingerprint density at radius 2 is 0.705 bits per heavy atom. The second-order valence-corrected chi connectivity index (χ2v) is 16.9. The first-order valence-corrected chi connectivity index (χ1v) is 21.1. The van der Waals surface area contributed by atoms with Crippen molar-refractivity contribution >= 4 is 53.4 Å². The third-order valence-electron chi connectivity index (χ3n) is 9.44. The molecular formula is C44H28Br2F6N6O2S. The second kappa shape index (κ2) is 16.4. The van der Waals surface area contributed by atoms with Crippen molar-refractivity contribution < 1.29 is 34.8 Å². The van der Waals surface area contributed by atoms with Crippen molar-refractivity contribution in [3.05, 3.63) is 178 Å². The van der Waals surface area contributed by atoms with Gasteiger partial charge < -0.3 is 0 Å². The van der Waals surface area contributed by atoms with E-state index in [0.29, 0.717) is 11.1 Å². The molecule has 0 amide bonds. The molecule has 0 aliphatic heterocycles. The molecule has 8 nitrogen and oxygen atoms in total. The monoisotopic (exact) mass is 976 g/mol. The highest BCUT2D eigenvalue weighted by molar-refractivity contribution is 9.10. The first kappa shape index (κ1) is 41.6. The summed E-state index contributed by atoms with van der Waals surface area (Å²) in [5.74, 6) is 0. The number of hydrogen-bond acceptors (Lipinski definition) is 4. The molecule has 2 heterocycles. The van der Waals surface area contributed by atoms with Gasteiger partial charge in [0.1, 0.15) is 0 Å². The number of benzene rings is 6. The van der Waals surface area contributed by atoms with Crippen molar-refractivity contribution in [1.29, 1.82) is 0 Å². The number of anilines is 2.